The van der Waals surface area contributed by atoms with Crippen LogP contribution in [0.25, 0.3) is 0 Å². The Morgan fingerprint density at radius 2 is 2.12 bits per heavy atom. The topological polar surface area (TPSA) is 77.5 Å². The summed E-state index contributed by atoms with van der Waals surface area (Å²) in [5, 5.41) is 0. The zero-order valence-electron chi connectivity index (χ0n) is 9.49. The van der Waals surface area contributed by atoms with Gasteiger partial charge in [-0.25, -0.2) is 8.42 Å². The molecule has 1 fully saturated rings. The van der Waals surface area contributed by atoms with E-state index in [1.54, 1.807) is 0 Å². The van der Waals surface area contributed by atoms with E-state index in [0.717, 1.165) is 6.26 Å². The third-order valence-electron chi connectivity index (χ3n) is 2.95. The van der Waals surface area contributed by atoms with Crippen LogP contribution in [0.5, 0.6) is 0 Å². The molecule has 1 unspecified atom stereocenters. The molecule has 92 valence electrons. The Balaban J connectivity index is 2.67. The molecule has 0 N–H and O–H groups in total. The molecule has 1 atom stereocenters. The molecule has 0 radical (unpaired) electrons. The van der Waals surface area contributed by atoms with Gasteiger partial charge < -0.3 is 4.74 Å². The summed E-state index contributed by atoms with van der Waals surface area (Å²) in [5.74, 6) is -0.744. The highest BCUT2D eigenvalue weighted by Gasteiger charge is 2.48. The van der Waals surface area contributed by atoms with Crippen LogP contribution in [0.1, 0.15) is 26.2 Å². The third-order valence-corrected chi connectivity index (χ3v) is 3.98. The molecule has 16 heavy (non-hydrogen) atoms. The number of ether oxygens (including phenoxy) is 1. The maximum absolute atomic E-state index is 11.5. The van der Waals surface area contributed by atoms with E-state index >= 15 is 0 Å². The van der Waals surface area contributed by atoms with Gasteiger partial charge in [0.1, 0.15) is 21.0 Å². The molecule has 0 aliphatic carbocycles. The van der Waals surface area contributed by atoms with Crippen molar-refractivity contribution < 1.29 is 22.7 Å². The number of hydrogen-bond acceptors (Lipinski definition) is 5. The van der Waals surface area contributed by atoms with Crippen molar-refractivity contribution in [1.29, 1.82) is 0 Å². The summed E-state index contributed by atoms with van der Waals surface area (Å²) in [4.78, 5) is 23.0. The van der Waals surface area contributed by atoms with Crippen molar-refractivity contribution in [2.75, 3.05) is 18.6 Å². The predicted molar refractivity (Wildman–Crippen MR) is 57.6 cm³/mol. The van der Waals surface area contributed by atoms with Crippen LogP contribution in [0, 0.1) is 5.41 Å². The van der Waals surface area contributed by atoms with Crippen molar-refractivity contribution in [2.45, 2.75) is 26.2 Å². The van der Waals surface area contributed by atoms with E-state index in [4.69, 9.17) is 4.74 Å². The van der Waals surface area contributed by atoms with E-state index < -0.39 is 21.2 Å². The van der Waals surface area contributed by atoms with Gasteiger partial charge in [0.15, 0.2) is 0 Å². The summed E-state index contributed by atoms with van der Waals surface area (Å²) in [6, 6.07) is 0. The average Bonchev–Trinajstić information content (AvgIpc) is 2.46. The smallest absolute Gasteiger partial charge is 0.319 e. The van der Waals surface area contributed by atoms with E-state index in [9.17, 15) is 18.0 Å². The molecule has 0 aromatic heterocycles. The van der Waals surface area contributed by atoms with Gasteiger partial charge >= 0.3 is 5.97 Å². The van der Waals surface area contributed by atoms with E-state index in [2.05, 4.69) is 0 Å². The zero-order valence-corrected chi connectivity index (χ0v) is 10.3. The highest BCUT2D eigenvalue weighted by molar-refractivity contribution is 7.90. The Hall–Kier alpha value is -0.910. The maximum atomic E-state index is 11.5. The molecule has 1 heterocycles. The molecule has 6 heteroatoms. The van der Waals surface area contributed by atoms with Crippen LogP contribution in [0.15, 0.2) is 0 Å². The minimum absolute atomic E-state index is 0.00465. The van der Waals surface area contributed by atoms with Gasteiger partial charge in [-0.15, -0.1) is 0 Å². The number of carbonyl (C=O) groups excluding carboxylic acids is 2. The largest absolute Gasteiger partial charge is 0.465 e. The second kappa shape index (κ2) is 4.53. The molecule has 0 aromatic rings. The van der Waals surface area contributed by atoms with Crippen molar-refractivity contribution in [3.63, 3.8) is 0 Å². The minimum Gasteiger partial charge on any atom is -0.465 e. The number of hydrogen-bond donors (Lipinski definition) is 0. The molecule has 1 saturated heterocycles. The summed E-state index contributed by atoms with van der Waals surface area (Å²) < 4.78 is 26.7. The van der Waals surface area contributed by atoms with Crippen LogP contribution in [0.3, 0.4) is 0 Å². The Labute approximate surface area is 95.1 Å². The first-order chi connectivity index (χ1) is 7.28. The number of carbonyl (C=O) groups is 2. The van der Waals surface area contributed by atoms with Crippen LogP contribution in [0.2, 0.25) is 0 Å². The number of esters is 1. The number of Topliss-reactive ketones (excluding diaryl/α,β-unsaturated/α-hetero) is 1. The summed E-state index contributed by atoms with van der Waals surface area (Å²) in [6.45, 7) is 1.60. The van der Waals surface area contributed by atoms with Gasteiger partial charge in [-0.3, -0.25) is 9.59 Å². The number of cyclic esters (lactones) is 1. The zero-order chi connectivity index (χ0) is 12.4. The molecular weight excluding hydrogens is 232 g/mol. The van der Waals surface area contributed by atoms with Gasteiger partial charge in [0.2, 0.25) is 0 Å². The van der Waals surface area contributed by atoms with E-state index in [0.29, 0.717) is 12.8 Å². The highest BCUT2D eigenvalue weighted by atomic mass is 32.2. The van der Waals surface area contributed by atoms with E-state index in [1.807, 2.05) is 0 Å². The fourth-order valence-corrected chi connectivity index (χ4v) is 2.59. The standard InChI is InChI=1S/C10H16O5S/c1-8(11)10(5-6-15-9(10)12)4-3-7-16(2,13)14/h3-7H2,1-2H3. The van der Waals surface area contributed by atoms with Crippen LogP contribution in [-0.4, -0.2) is 38.8 Å². The first kappa shape index (κ1) is 13.2. The quantitative estimate of drug-likeness (QED) is 0.517. The van der Waals surface area contributed by atoms with Gasteiger partial charge in [0.25, 0.3) is 0 Å². The lowest BCUT2D eigenvalue weighted by atomic mass is 9.78. The first-order valence-corrected chi connectivity index (χ1v) is 7.20. The van der Waals surface area contributed by atoms with Crippen molar-refractivity contribution in [3.05, 3.63) is 0 Å². The SMILES string of the molecule is CC(=O)C1(CCCS(C)(=O)=O)CCOC1=O. The van der Waals surface area contributed by atoms with Crippen LogP contribution < -0.4 is 0 Å². The van der Waals surface area contributed by atoms with Gasteiger partial charge in [0.05, 0.1) is 6.61 Å². The third kappa shape index (κ3) is 2.81. The van der Waals surface area contributed by atoms with Crippen LogP contribution in [-0.2, 0) is 24.2 Å². The first-order valence-electron chi connectivity index (χ1n) is 5.14. The molecule has 0 spiro atoms. The van der Waals surface area contributed by atoms with Crippen molar-refractivity contribution in [2.24, 2.45) is 5.41 Å². The normalized spacial score (nSPS) is 25.5. The molecule has 0 amide bonds. The van der Waals surface area contributed by atoms with Crippen molar-refractivity contribution >= 4 is 21.6 Å². The second-order valence-corrected chi connectivity index (χ2v) is 6.52. The molecule has 1 aliphatic rings. The Morgan fingerprint density at radius 3 is 2.50 bits per heavy atom. The fourth-order valence-electron chi connectivity index (χ4n) is 1.92. The summed E-state index contributed by atoms with van der Waals surface area (Å²) in [5.41, 5.74) is -1.09. The van der Waals surface area contributed by atoms with Crippen LogP contribution in [0.4, 0.5) is 0 Å². The second-order valence-electron chi connectivity index (χ2n) is 4.26. The van der Waals surface area contributed by atoms with E-state index in [-0.39, 0.29) is 24.6 Å². The van der Waals surface area contributed by atoms with Gasteiger partial charge in [-0.1, -0.05) is 0 Å². The number of sulfone groups is 1. The summed E-state index contributed by atoms with van der Waals surface area (Å²) >= 11 is 0. The van der Waals surface area contributed by atoms with Gasteiger partial charge in [-0.05, 0) is 19.8 Å². The lowest BCUT2D eigenvalue weighted by Gasteiger charge is -2.20. The molecule has 0 saturated carbocycles. The summed E-state index contributed by atoms with van der Waals surface area (Å²) in [7, 11) is -3.05. The van der Waals surface area contributed by atoms with E-state index in [1.165, 1.54) is 6.92 Å². The molecule has 0 aromatic carbocycles. The molecular formula is C10H16O5S. The average molecular weight is 248 g/mol. The Morgan fingerprint density at radius 1 is 1.50 bits per heavy atom. The van der Waals surface area contributed by atoms with Crippen LogP contribution >= 0.6 is 0 Å². The Bertz CT molecular complexity index is 397. The number of rotatable bonds is 5. The molecule has 5 nitrogen and oxygen atoms in total. The lowest BCUT2D eigenvalue weighted by molar-refractivity contribution is -0.151. The minimum atomic E-state index is -3.05. The monoisotopic (exact) mass is 248 g/mol. The van der Waals surface area contributed by atoms with Crippen molar-refractivity contribution in [1.82, 2.24) is 0 Å². The molecule has 1 aliphatic heterocycles. The lowest BCUT2D eigenvalue weighted by Crippen LogP contribution is -2.34. The summed E-state index contributed by atoms with van der Waals surface area (Å²) in [6.07, 6.45) is 2.08. The number of ketones is 1. The predicted octanol–water partition coefficient (Wildman–Crippen LogP) is 0.333. The highest BCUT2D eigenvalue weighted by Crippen LogP contribution is 2.36. The van der Waals surface area contributed by atoms with Crippen molar-refractivity contribution in [3.8, 4) is 0 Å². The van der Waals surface area contributed by atoms with Gasteiger partial charge in [-0.2, -0.15) is 0 Å². The maximum Gasteiger partial charge on any atom is 0.319 e. The molecule has 1 rings (SSSR count). The molecule has 0 bridgehead atoms. The van der Waals surface area contributed by atoms with Gasteiger partial charge in [0, 0.05) is 18.4 Å². The Kier molecular flexibility index (Phi) is 3.72. The fraction of sp³-hybridized carbons (Fsp3) is 0.800.